The largest absolute Gasteiger partial charge is 0.475 e. The van der Waals surface area contributed by atoms with E-state index in [1.807, 2.05) is 37.3 Å². The summed E-state index contributed by atoms with van der Waals surface area (Å²) in [5, 5.41) is 0. The Morgan fingerprint density at radius 1 is 1.20 bits per heavy atom. The molecule has 0 saturated heterocycles. The first-order chi connectivity index (χ1) is 9.52. The van der Waals surface area contributed by atoms with Gasteiger partial charge in [0.2, 0.25) is 0 Å². The summed E-state index contributed by atoms with van der Waals surface area (Å²) in [6.07, 6.45) is 1.85. The second kappa shape index (κ2) is 8.75. The number of hydrogen-bond donors (Lipinski definition) is 0. The fraction of sp³-hybridized carbons (Fsp3) is 0.429. The molecule has 1 aromatic rings. The molecule has 0 bridgehead atoms. The van der Waals surface area contributed by atoms with E-state index >= 15 is 0 Å². The van der Waals surface area contributed by atoms with Crippen molar-refractivity contribution in [1.82, 2.24) is 0 Å². The molecular weight excluding hydrogens is 343 g/mol. The summed E-state index contributed by atoms with van der Waals surface area (Å²) in [6, 6.07) is 7.89. The molecule has 112 valence electrons. The summed E-state index contributed by atoms with van der Waals surface area (Å²) >= 11 is 3.49. The molecule has 0 N–H and O–H groups in total. The molecule has 0 spiro atoms. The van der Waals surface area contributed by atoms with Crippen LogP contribution in [0.4, 0.5) is 0 Å². The van der Waals surface area contributed by atoms with Gasteiger partial charge in [-0.15, -0.1) is 0 Å². The number of benzene rings is 1. The van der Waals surface area contributed by atoms with Crippen molar-refractivity contribution in [2.45, 2.75) is 20.8 Å². The summed E-state index contributed by atoms with van der Waals surface area (Å²) in [5.41, 5.74) is 2.09. The van der Waals surface area contributed by atoms with Crippen LogP contribution in [-0.4, -0.2) is 19.8 Å². The average Bonchev–Trinajstić information content (AvgIpc) is 2.39. The first-order valence-corrected chi connectivity index (χ1v) is 8.73. The second-order valence-electron chi connectivity index (χ2n) is 3.95. The van der Waals surface area contributed by atoms with E-state index in [1.54, 1.807) is 13.8 Å². The van der Waals surface area contributed by atoms with Crippen molar-refractivity contribution in [3.63, 3.8) is 0 Å². The van der Waals surface area contributed by atoms with E-state index in [-0.39, 0.29) is 19.8 Å². The van der Waals surface area contributed by atoms with Gasteiger partial charge in [0.15, 0.2) is 0 Å². The van der Waals surface area contributed by atoms with Gasteiger partial charge in [-0.05, 0) is 38.0 Å². The van der Waals surface area contributed by atoms with Gasteiger partial charge in [-0.1, -0.05) is 40.2 Å². The van der Waals surface area contributed by atoms with Crippen LogP contribution < -0.4 is 0 Å². The highest BCUT2D eigenvalue weighted by Gasteiger charge is 2.24. The first kappa shape index (κ1) is 17.6. The van der Waals surface area contributed by atoms with E-state index in [0.717, 1.165) is 15.6 Å². The smallest absolute Gasteiger partial charge is 0.287 e. The minimum Gasteiger partial charge on any atom is -0.287 e. The van der Waals surface area contributed by atoms with Gasteiger partial charge in [0, 0.05) is 4.47 Å². The molecule has 20 heavy (non-hydrogen) atoms. The molecule has 1 rings (SSSR count). The number of phosphoric acid groups is 1. The summed E-state index contributed by atoms with van der Waals surface area (Å²) in [5.74, 6) is 0. The molecule has 1 aromatic carbocycles. The molecule has 0 aliphatic heterocycles. The molecule has 6 heteroatoms. The zero-order chi connectivity index (χ0) is 15.0. The van der Waals surface area contributed by atoms with Crippen molar-refractivity contribution >= 4 is 29.3 Å². The van der Waals surface area contributed by atoms with Crippen LogP contribution in [0.1, 0.15) is 26.3 Å². The Hall–Kier alpha value is -0.450. The highest BCUT2D eigenvalue weighted by atomic mass is 79.9. The third kappa shape index (κ3) is 5.51. The van der Waals surface area contributed by atoms with Crippen molar-refractivity contribution in [2.75, 3.05) is 19.8 Å². The van der Waals surface area contributed by atoms with E-state index in [0.29, 0.717) is 0 Å². The minimum absolute atomic E-state index is 0.171. The predicted octanol–water partition coefficient (Wildman–Crippen LogP) is 5.05. The lowest BCUT2D eigenvalue weighted by atomic mass is 10.1. The summed E-state index contributed by atoms with van der Waals surface area (Å²) < 4.78 is 28.5. The van der Waals surface area contributed by atoms with Gasteiger partial charge in [0.1, 0.15) is 0 Å². The Bertz CT molecular complexity index is 492. The van der Waals surface area contributed by atoms with Gasteiger partial charge < -0.3 is 0 Å². The van der Waals surface area contributed by atoms with Gasteiger partial charge in [-0.25, -0.2) is 4.57 Å². The molecule has 0 atom stereocenters. The standard InChI is InChI=1S/C14H20BrO4P/c1-4-17-20(16,18-5-2)19-11-10-12(3)13-8-6-7-9-14(13)15/h6-10H,4-5,11H2,1-3H3/b12-10+. The Labute approximate surface area is 128 Å². The minimum atomic E-state index is -3.44. The number of allylic oxidation sites excluding steroid dienone is 1. The molecule has 0 aromatic heterocycles. The normalized spacial score (nSPS) is 12.7. The summed E-state index contributed by atoms with van der Waals surface area (Å²) in [7, 11) is -3.44. The van der Waals surface area contributed by atoms with Crippen LogP contribution in [0.3, 0.4) is 0 Å². The summed E-state index contributed by atoms with van der Waals surface area (Å²) in [6.45, 7) is 6.20. The maximum atomic E-state index is 12.1. The van der Waals surface area contributed by atoms with Crippen molar-refractivity contribution < 1.29 is 18.1 Å². The van der Waals surface area contributed by atoms with Crippen LogP contribution in [-0.2, 0) is 18.1 Å². The van der Waals surface area contributed by atoms with Crippen molar-refractivity contribution in [2.24, 2.45) is 0 Å². The number of phosphoric ester groups is 1. The van der Waals surface area contributed by atoms with E-state index in [1.165, 1.54) is 0 Å². The van der Waals surface area contributed by atoms with Crippen LogP contribution in [0, 0.1) is 0 Å². The molecular formula is C14H20BrO4P. The van der Waals surface area contributed by atoms with Crippen LogP contribution in [0.2, 0.25) is 0 Å². The van der Waals surface area contributed by atoms with Gasteiger partial charge in [0.25, 0.3) is 0 Å². The SMILES string of the molecule is CCOP(=O)(OCC)OC/C=C(\C)c1ccccc1Br. The number of halogens is 1. The Morgan fingerprint density at radius 3 is 2.35 bits per heavy atom. The zero-order valence-electron chi connectivity index (χ0n) is 12.0. The van der Waals surface area contributed by atoms with Crippen LogP contribution >= 0.6 is 23.8 Å². The zero-order valence-corrected chi connectivity index (χ0v) is 14.4. The highest BCUT2D eigenvalue weighted by Crippen LogP contribution is 2.49. The number of hydrogen-bond acceptors (Lipinski definition) is 4. The summed E-state index contributed by atoms with van der Waals surface area (Å²) in [4.78, 5) is 0. The molecule has 0 aliphatic carbocycles. The molecule has 0 fully saturated rings. The van der Waals surface area contributed by atoms with Gasteiger partial charge >= 0.3 is 7.82 Å². The van der Waals surface area contributed by atoms with E-state index in [4.69, 9.17) is 13.6 Å². The number of rotatable bonds is 8. The third-order valence-electron chi connectivity index (χ3n) is 2.50. The second-order valence-corrected chi connectivity index (χ2v) is 6.47. The molecule has 4 nitrogen and oxygen atoms in total. The van der Waals surface area contributed by atoms with Crippen LogP contribution in [0.25, 0.3) is 5.57 Å². The first-order valence-electron chi connectivity index (χ1n) is 6.47. The van der Waals surface area contributed by atoms with Gasteiger partial charge in [-0.3, -0.25) is 13.6 Å². The Balaban J connectivity index is 2.68. The molecule has 0 amide bonds. The van der Waals surface area contributed by atoms with Crippen LogP contribution in [0.5, 0.6) is 0 Å². The fourth-order valence-corrected chi connectivity index (χ4v) is 3.28. The molecule has 0 radical (unpaired) electrons. The Kier molecular flexibility index (Phi) is 7.70. The fourth-order valence-electron chi connectivity index (χ4n) is 1.57. The van der Waals surface area contributed by atoms with Crippen molar-refractivity contribution in [3.05, 3.63) is 40.4 Å². The van der Waals surface area contributed by atoms with E-state index in [9.17, 15) is 4.57 Å². The van der Waals surface area contributed by atoms with Gasteiger partial charge in [-0.2, -0.15) is 0 Å². The maximum Gasteiger partial charge on any atom is 0.475 e. The monoisotopic (exact) mass is 362 g/mol. The lowest BCUT2D eigenvalue weighted by Crippen LogP contribution is -2.00. The van der Waals surface area contributed by atoms with Crippen molar-refractivity contribution in [3.8, 4) is 0 Å². The average molecular weight is 363 g/mol. The topological polar surface area (TPSA) is 44.8 Å². The predicted molar refractivity (Wildman–Crippen MR) is 84.6 cm³/mol. The molecule has 0 saturated carbocycles. The maximum absolute atomic E-state index is 12.1. The van der Waals surface area contributed by atoms with Crippen LogP contribution in [0.15, 0.2) is 34.8 Å². The molecule has 0 heterocycles. The lowest BCUT2D eigenvalue weighted by molar-refractivity contribution is 0.131. The molecule has 0 aliphatic rings. The van der Waals surface area contributed by atoms with E-state index in [2.05, 4.69) is 15.9 Å². The van der Waals surface area contributed by atoms with Gasteiger partial charge in [0.05, 0.1) is 19.8 Å². The quantitative estimate of drug-likeness (QED) is 0.607. The highest BCUT2D eigenvalue weighted by molar-refractivity contribution is 9.10. The molecule has 0 unspecified atom stereocenters. The Morgan fingerprint density at radius 2 is 1.80 bits per heavy atom. The lowest BCUT2D eigenvalue weighted by Gasteiger charge is -2.15. The third-order valence-corrected chi connectivity index (χ3v) is 4.80. The van der Waals surface area contributed by atoms with Crippen molar-refractivity contribution in [1.29, 1.82) is 0 Å². The van der Waals surface area contributed by atoms with E-state index < -0.39 is 7.82 Å².